The van der Waals surface area contributed by atoms with Gasteiger partial charge in [-0.05, 0) is 60.2 Å². The third-order valence-electron chi connectivity index (χ3n) is 5.59. The minimum absolute atomic E-state index is 0.00200. The first-order chi connectivity index (χ1) is 14.4. The number of likely N-dealkylation sites (tertiary alicyclic amines) is 1. The Morgan fingerprint density at radius 3 is 2.43 bits per heavy atom. The van der Waals surface area contributed by atoms with Crippen molar-refractivity contribution in [2.75, 3.05) is 13.7 Å². The molecule has 1 atom stereocenters. The molecule has 1 saturated heterocycles. The molecule has 1 unspecified atom stereocenters. The minimum Gasteiger partial charge on any atom is -0.497 e. The number of hydrogen-bond acceptors (Lipinski definition) is 5. The zero-order valence-corrected chi connectivity index (χ0v) is 17.9. The van der Waals surface area contributed by atoms with E-state index in [4.69, 9.17) is 9.26 Å². The molecule has 0 radical (unpaired) electrons. The maximum absolute atomic E-state index is 13.2. The summed E-state index contributed by atoms with van der Waals surface area (Å²) in [5.74, 6) is 1.77. The molecule has 2 heterocycles. The predicted molar refractivity (Wildman–Crippen MR) is 114 cm³/mol. The maximum Gasteiger partial charge on any atom is 0.254 e. The van der Waals surface area contributed by atoms with Crippen LogP contribution in [-0.4, -0.2) is 34.6 Å². The Kier molecular flexibility index (Phi) is 5.33. The fourth-order valence-electron chi connectivity index (χ4n) is 3.77. The zero-order chi connectivity index (χ0) is 21.3. The predicted octanol–water partition coefficient (Wildman–Crippen LogP) is 5.02. The highest BCUT2D eigenvalue weighted by molar-refractivity contribution is 5.94. The Bertz CT molecular complexity index is 1020. The van der Waals surface area contributed by atoms with E-state index < -0.39 is 0 Å². The van der Waals surface area contributed by atoms with Crippen molar-refractivity contribution >= 4 is 5.91 Å². The molecule has 1 fully saturated rings. The lowest BCUT2D eigenvalue weighted by Gasteiger charge is -2.23. The van der Waals surface area contributed by atoms with Gasteiger partial charge in [-0.2, -0.15) is 4.98 Å². The van der Waals surface area contributed by atoms with E-state index in [-0.39, 0.29) is 17.4 Å². The summed E-state index contributed by atoms with van der Waals surface area (Å²) >= 11 is 0. The van der Waals surface area contributed by atoms with Gasteiger partial charge in [-0.3, -0.25) is 4.79 Å². The third kappa shape index (κ3) is 3.95. The lowest BCUT2D eigenvalue weighted by atomic mass is 9.86. The number of carbonyl (C=O) groups excluding carboxylic acids is 1. The standard InChI is InChI=1S/C24H27N3O3/c1-24(2,3)18-11-7-17(8-12-18)23(28)27-15-5-6-20(27)22-25-21(26-30-22)16-9-13-19(29-4)14-10-16/h7-14,20H,5-6,15H2,1-4H3. The zero-order valence-electron chi connectivity index (χ0n) is 17.9. The number of benzene rings is 2. The highest BCUT2D eigenvalue weighted by atomic mass is 16.5. The van der Waals surface area contributed by atoms with Crippen LogP contribution < -0.4 is 4.74 Å². The molecular formula is C24H27N3O3. The van der Waals surface area contributed by atoms with Gasteiger partial charge in [0.1, 0.15) is 11.8 Å². The van der Waals surface area contributed by atoms with Crippen molar-refractivity contribution in [2.24, 2.45) is 0 Å². The fraction of sp³-hybridized carbons (Fsp3) is 0.375. The summed E-state index contributed by atoms with van der Waals surface area (Å²) in [7, 11) is 1.63. The average Bonchev–Trinajstić information content (AvgIpc) is 3.42. The topological polar surface area (TPSA) is 68.5 Å². The van der Waals surface area contributed by atoms with Crippen LogP contribution in [0.5, 0.6) is 5.75 Å². The van der Waals surface area contributed by atoms with E-state index in [1.54, 1.807) is 7.11 Å². The van der Waals surface area contributed by atoms with E-state index >= 15 is 0 Å². The highest BCUT2D eigenvalue weighted by Crippen LogP contribution is 2.34. The van der Waals surface area contributed by atoms with Gasteiger partial charge in [-0.15, -0.1) is 0 Å². The smallest absolute Gasteiger partial charge is 0.254 e. The van der Waals surface area contributed by atoms with Gasteiger partial charge in [0.05, 0.1) is 7.11 Å². The summed E-state index contributed by atoms with van der Waals surface area (Å²) in [5.41, 5.74) is 2.79. The third-order valence-corrected chi connectivity index (χ3v) is 5.59. The molecule has 1 amide bonds. The van der Waals surface area contributed by atoms with Crippen LogP contribution in [0.4, 0.5) is 0 Å². The van der Waals surface area contributed by atoms with Crippen LogP contribution >= 0.6 is 0 Å². The summed E-state index contributed by atoms with van der Waals surface area (Å²) in [6.07, 6.45) is 1.73. The Hall–Kier alpha value is -3.15. The second kappa shape index (κ2) is 7.94. The van der Waals surface area contributed by atoms with Crippen LogP contribution in [0.3, 0.4) is 0 Å². The van der Waals surface area contributed by atoms with Crippen molar-refractivity contribution in [1.82, 2.24) is 15.0 Å². The van der Waals surface area contributed by atoms with Crippen LogP contribution in [-0.2, 0) is 5.41 Å². The summed E-state index contributed by atoms with van der Waals surface area (Å²) < 4.78 is 10.7. The highest BCUT2D eigenvalue weighted by Gasteiger charge is 2.34. The summed E-state index contributed by atoms with van der Waals surface area (Å²) in [6, 6.07) is 15.2. The van der Waals surface area contributed by atoms with Crippen LogP contribution in [0.15, 0.2) is 53.1 Å². The number of rotatable bonds is 4. The number of ether oxygens (including phenoxy) is 1. The number of nitrogens with zero attached hydrogens (tertiary/aromatic N) is 3. The maximum atomic E-state index is 13.2. The van der Waals surface area contributed by atoms with E-state index in [9.17, 15) is 4.79 Å². The van der Waals surface area contributed by atoms with Crippen molar-refractivity contribution < 1.29 is 14.1 Å². The first-order valence-electron chi connectivity index (χ1n) is 10.3. The van der Waals surface area contributed by atoms with Crippen molar-refractivity contribution in [1.29, 1.82) is 0 Å². The first kappa shape index (κ1) is 20.1. The van der Waals surface area contributed by atoms with Gasteiger partial charge in [0.15, 0.2) is 0 Å². The van der Waals surface area contributed by atoms with Crippen molar-refractivity contribution in [3.63, 3.8) is 0 Å². The van der Waals surface area contributed by atoms with Gasteiger partial charge in [-0.1, -0.05) is 38.1 Å². The van der Waals surface area contributed by atoms with Crippen LogP contribution in [0.1, 0.15) is 61.5 Å². The number of aromatic nitrogens is 2. The first-order valence-corrected chi connectivity index (χ1v) is 10.3. The molecule has 6 heteroatoms. The Morgan fingerprint density at radius 1 is 1.10 bits per heavy atom. The van der Waals surface area contributed by atoms with Gasteiger partial charge in [-0.25, -0.2) is 0 Å². The van der Waals surface area contributed by atoms with E-state index in [1.165, 1.54) is 5.56 Å². The van der Waals surface area contributed by atoms with Gasteiger partial charge >= 0.3 is 0 Å². The van der Waals surface area contributed by atoms with Crippen LogP contribution in [0, 0.1) is 0 Å². The van der Waals surface area contributed by atoms with Crippen molar-refractivity contribution in [2.45, 2.75) is 45.1 Å². The Labute approximate surface area is 176 Å². The quantitative estimate of drug-likeness (QED) is 0.610. The van der Waals surface area contributed by atoms with Crippen molar-refractivity contribution in [3.05, 3.63) is 65.5 Å². The van der Waals surface area contributed by atoms with E-state index in [2.05, 4.69) is 30.9 Å². The largest absolute Gasteiger partial charge is 0.497 e. The SMILES string of the molecule is COc1ccc(-c2noc(C3CCCN3C(=O)c3ccc(C(C)(C)C)cc3)n2)cc1. The summed E-state index contributed by atoms with van der Waals surface area (Å²) in [6.45, 7) is 7.17. The molecule has 0 bridgehead atoms. The molecular weight excluding hydrogens is 378 g/mol. The van der Waals surface area contributed by atoms with E-state index in [0.717, 1.165) is 24.2 Å². The lowest BCUT2D eigenvalue weighted by molar-refractivity contribution is 0.0710. The second-order valence-electron chi connectivity index (χ2n) is 8.67. The van der Waals surface area contributed by atoms with E-state index in [0.29, 0.717) is 23.8 Å². The molecule has 0 saturated carbocycles. The van der Waals surface area contributed by atoms with Crippen LogP contribution in [0.2, 0.25) is 0 Å². The average molecular weight is 405 g/mol. The molecule has 0 aliphatic carbocycles. The monoisotopic (exact) mass is 405 g/mol. The molecule has 0 N–H and O–H groups in total. The number of amides is 1. The molecule has 6 nitrogen and oxygen atoms in total. The van der Waals surface area contributed by atoms with Gasteiger partial charge in [0.25, 0.3) is 5.91 Å². The van der Waals surface area contributed by atoms with E-state index in [1.807, 2.05) is 53.4 Å². The normalized spacial score (nSPS) is 16.7. The van der Waals surface area contributed by atoms with Crippen LogP contribution in [0.25, 0.3) is 11.4 Å². The summed E-state index contributed by atoms with van der Waals surface area (Å²) in [5, 5.41) is 4.13. The molecule has 1 aliphatic heterocycles. The fourth-order valence-corrected chi connectivity index (χ4v) is 3.77. The lowest BCUT2D eigenvalue weighted by Crippen LogP contribution is -2.30. The number of carbonyl (C=O) groups is 1. The molecule has 3 aromatic rings. The Balaban J connectivity index is 1.53. The Morgan fingerprint density at radius 2 is 1.80 bits per heavy atom. The van der Waals surface area contributed by atoms with Gasteiger partial charge in [0, 0.05) is 17.7 Å². The molecule has 2 aromatic carbocycles. The molecule has 0 spiro atoms. The molecule has 1 aliphatic rings. The van der Waals surface area contributed by atoms with Crippen molar-refractivity contribution in [3.8, 4) is 17.1 Å². The number of methoxy groups -OCH3 is 1. The molecule has 30 heavy (non-hydrogen) atoms. The number of hydrogen-bond donors (Lipinski definition) is 0. The molecule has 4 rings (SSSR count). The molecule has 1 aromatic heterocycles. The van der Waals surface area contributed by atoms with Gasteiger partial charge in [0.2, 0.25) is 11.7 Å². The second-order valence-corrected chi connectivity index (χ2v) is 8.67. The summed E-state index contributed by atoms with van der Waals surface area (Å²) in [4.78, 5) is 19.6. The van der Waals surface area contributed by atoms with Gasteiger partial charge < -0.3 is 14.2 Å². The minimum atomic E-state index is -0.195. The molecule has 156 valence electrons.